The Bertz CT molecular complexity index is 108. The van der Waals surface area contributed by atoms with E-state index in [1.165, 1.54) is 25.9 Å². The Morgan fingerprint density at radius 2 is 1.78 bits per heavy atom. The third-order valence-corrected chi connectivity index (χ3v) is 2.96. The molecule has 2 fully saturated rings. The van der Waals surface area contributed by atoms with Crippen LogP contribution in [0.25, 0.3) is 0 Å². The maximum atomic E-state index is 5.63. The van der Waals surface area contributed by atoms with Gasteiger partial charge in [0, 0.05) is 0 Å². The number of hydrogen-bond acceptors (Lipinski definition) is 2. The summed E-state index contributed by atoms with van der Waals surface area (Å²) in [5, 5.41) is 0. The van der Waals surface area contributed by atoms with Gasteiger partial charge in [0.1, 0.15) is 0 Å². The van der Waals surface area contributed by atoms with E-state index in [1.54, 1.807) is 0 Å². The fourth-order valence-electron chi connectivity index (χ4n) is 1.59. The molecule has 0 amide bonds. The van der Waals surface area contributed by atoms with Crippen molar-refractivity contribution in [2.45, 2.75) is 25.0 Å². The van der Waals surface area contributed by atoms with Gasteiger partial charge in [-0.3, -0.25) is 0 Å². The summed E-state index contributed by atoms with van der Waals surface area (Å²) in [6.07, 6.45) is 3.74. The summed E-state index contributed by atoms with van der Waals surface area (Å²) in [5.41, 5.74) is 0. The van der Waals surface area contributed by atoms with Crippen LogP contribution in [-0.2, 0) is 4.74 Å². The molecule has 0 N–H and O–H groups in total. The molecule has 2 heterocycles. The summed E-state index contributed by atoms with van der Waals surface area (Å²) in [5.74, 6) is 0. The zero-order valence-electron chi connectivity index (χ0n) is 5.29. The number of rotatable bonds is 0. The van der Waals surface area contributed by atoms with Crippen LogP contribution in [0.5, 0.6) is 0 Å². The van der Waals surface area contributed by atoms with Crippen LogP contribution in [0.15, 0.2) is 0 Å². The molecule has 2 saturated heterocycles. The Morgan fingerprint density at radius 3 is 2.33 bits per heavy atom. The normalized spacial score (nSPS) is 43.7. The van der Waals surface area contributed by atoms with Crippen molar-refractivity contribution < 1.29 is 4.74 Å². The van der Waals surface area contributed by atoms with E-state index in [9.17, 15) is 0 Å². The van der Waals surface area contributed by atoms with Crippen LogP contribution in [-0.4, -0.2) is 51.0 Å². The SMILES string of the molecule is [TeH]N1CC2CCC(C1)O2. The Hall–Kier alpha value is 0.710. The average Bonchev–Trinajstić information content (AvgIpc) is 2.11. The maximum absolute atomic E-state index is 5.63. The molecule has 0 aromatic rings. The second-order valence-corrected chi connectivity index (χ2v) is 4.44. The molecule has 3 heteroatoms. The molecule has 0 saturated carbocycles. The summed E-state index contributed by atoms with van der Waals surface area (Å²) >= 11 is 1.83. The van der Waals surface area contributed by atoms with E-state index in [2.05, 4.69) is 3.15 Å². The molecule has 0 spiro atoms. The predicted molar refractivity (Wildman–Crippen MR) is 36.6 cm³/mol. The van der Waals surface area contributed by atoms with Crippen molar-refractivity contribution in [3.8, 4) is 0 Å². The van der Waals surface area contributed by atoms with Gasteiger partial charge in [0.15, 0.2) is 0 Å². The first-order valence-electron chi connectivity index (χ1n) is 3.44. The molecule has 9 heavy (non-hydrogen) atoms. The van der Waals surface area contributed by atoms with Gasteiger partial charge in [0.25, 0.3) is 0 Å². The van der Waals surface area contributed by atoms with Crippen molar-refractivity contribution in [2.75, 3.05) is 13.1 Å². The predicted octanol–water partition coefficient (Wildman–Crippen LogP) is -0.335. The monoisotopic (exact) mass is 243 g/mol. The standard InChI is InChI=1S/C6H11NOTe/c9-7-3-5-1-2-6(4-7)8-5/h5-6,9H,1-4H2. The van der Waals surface area contributed by atoms with Gasteiger partial charge in [-0.05, 0) is 0 Å². The van der Waals surface area contributed by atoms with Gasteiger partial charge in [-0.1, -0.05) is 0 Å². The van der Waals surface area contributed by atoms with Crippen molar-refractivity contribution in [3.05, 3.63) is 0 Å². The summed E-state index contributed by atoms with van der Waals surface area (Å²) in [7, 11) is 0. The summed E-state index contributed by atoms with van der Waals surface area (Å²) in [6, 6.07) is 0. The molecular formula is C6H11NOTe. The van der Waals surface area contributed by atoms with E-state index in [0.717, 1.165) is 0 Å². The average molecular weight is 241 g/mol. The second-order valence-electron chi connectivity index (χ2n) is 2.83. The van der Waals surface area contributed by atoms with Crippen molar-refractivity contribution in [3.63, 3.8) is 0 Å². The minimum atomic E-state index is 0.576. The van der Waals surface area contributed by atoms with Crippen molar-refractivity contribution in [1.29, 1.82) is 0 Å². The molecule has 2 rings (SSSR count). The van der Waals surface area contributed by atoms with E-state index in [4.69, 9.17) is 4.74 Å². The van der Waals surface area contributed by atoms with E-state index in [1.807, 2.05) is 22.6 Å². The van der Waals surface area contributed by atoms with Crippen LogP contribution in [0.3, 0.4) is 0 Å². The molecule has 2 atom stereocenters. The van der Waals surface area contributed by atoms with Crippen LogP contribution >= 0.6 is 0 Å². The third-order valence-electron chi connectivity index (χ3n) is 2.02. The summed E-state index contributed by atoms with van der Waals surface area (Å²) in [4.78, 5) is 0. The van der Waals surface area contributed by atoms with Crippen LogP contribution in [0, 0.1) is 0 Å². The van der Waals surface area contributed by atoms with Crippen molar-refractivity contribution in [1.82, 2.24) is 3.15 Å². The van der Waals surface area contributed by atoms with Gasteiger partial charge >= 0.3 is 68.6 Å². The molecule has 2 aliphatic rings. The fourth-order valence-corrected chi connectivity index (χ4v) is 2.63. The van der Waals surface area contributed by atoms with Crippen molar-refractivity contribution in [2.24, 2.45) is 0 Å². The van der Waals surface area contributed by atoms with Gasteiger partial charge in [-0.2, -0.15) is 0 Å². The van der Waals surface area contributed by atoms with Gasteiger partial charge in [-0.15, -0.1) is 0 Å². The van der Waals surface area contributed by atoms with Gasteiger partial charge < -0.3 is 0 Å². The first kappa shape index (κ1) is 6.42. The van der Waals surface area contributed by atoms with Crippen LogP contribution in [0.1, 0.15) is 12.8 Å². The van der Waals surface area contributed by atoms with Gasteiger partial charge in [-0.25, -0.2) is 0 Å². The molecule has 2 unspecified atom stereocenters. The zero-order chi connectivity index (χ0) is 6.27. The molecule has 0 aliphatic carbocycles. The quantitative estimate of drug-likeness (QED) is 0.538. The van der Waals surface area contributed by atoms with E-state index in [-0.39, 0.29) is 0 Å². The molecular weight excluding hydrogens is 230 g/mol. The Balaban J connectivity index is 2.03. The first-order chi connectivity index (χ1) is 4.34. The molecule has 2 nitrogen and oxygen atoms in total. The van der Waals surface area contributed by atoms with E-state index in [0.29, 0.717) is 12.2 Å². The van der Waals surface area contributed by atoms with E-state index < -0.39 is 0 Å². The number of fused-ring (bicyclic) bond motifs is 2. The fraction of sp³-hybridized carbons (Fsp3) is 1.00. The molecule has 0 aromatic carbocycles. The summed E-state index contributed by atoms with van der Waals surface area (Å²) in [6.45, 7) is 2.34. The first-order valence-corrected chi connectivity index (χ1v) is 4.58. The molecule has 2 bridgehead atoms. The Labute approximate surface area is 68.8 Å². The number of nitrogens with zero attached hydrogens (tertiary/aromatic N) is 1. The topological polar surface area (TPSA) is 12.5 Å². The van der Waals surface area contributed by atoms with E-state index >= 15 is 0 Å². The summed E-state index contributed by atoms with van der Waals surface area (Å²) < 4.78 is 8.05. The number of ether oxygens (including phenoxy) is 1. The van der Waals surface area contributed by atoms with Gasteiger partial charge in [0.2, 0.25) is 0 Å². The number of hydrogen-bond donors (Lipinski definition) is 0. The molecule has 0 radical (unpaired) electrons. The second kappa shape index (κ2) is 2.39. The molecule has 2 aliphatic heterocycles. The third kappa shape index (κ3) is 1.25. The van der Waals surface area contributed by atoms with Crippen LogP contribution < -0.4 is 0 Å². The van der Waals surface area contributed by atoms with Crippen LogP contribution in [0.2, 0.25) is 0 Å². The zero-order valence-corrected chi connectivity index (χ0v) is 7.84. The Kier molecular flexibility index (Phi) is 1.71. The minimum absolute atomic E-state index is 0.576. The Morgan fingerprint density at radius 1 is 1.22 bits per heavy atom. The van der Waals surface area contributed by atoms with Crippen LogP contribution in [0.4, 0.5) is 0 Å². The van der Waals surface area contributed by atoms with Crippen molar-refractivity contribution >= 4 is 22.6 Å². The van der Waals surface area contributed by atoms with Gasteiger partial charge in [0.05, 0.1) is 0 Å². The molecule has 0 aromatic heterocycles. The molecule has 52 valence electrons. The number of morpholine rings is 1.